The van der Waals surface area contributed by atoms with Gasteiger partial charge in [0.15, 0.2) is 0 Å². The van der Waals surface area contributed by atoms with E-state index in [0.717, 1.165) is 23.7 Å². The van der Waals surface area contributed by atoms with Gasteiger partial charge in [-0.15, -0.1) is 0 Å². The summed E-state index contributed by atoms with van der Waals surface area (Å²) >= 11 is 0. The van der Waals surface area contributed by atoms with E-state index >= 15 is 0 Å². The second-order valence-corrected chi connectivity index (χ2v) is 4.83. The number of methoxy groups -OCH3 is 2. The molecule has 1 rings (SSSR count). The molecule has 0 amide bonds. The van der Waals surface area contributed by atoms with Crippen molar-refractivity contribution in [1.82, 2.24) is 10.3 Å². The quantitative estimate of drug-likeness (QED) is 0.807. The lowest BCUT2D eigenvalue weighted by molar-refractivity contribution is 0.146. The smallest absolute Gasteiger partial charge is 0.122 e. The maximum absolute atomic E-state index is 5.24. The number of nitrogens with zero attached hydrogens (tertiary/aromatic N) is 1. The van der Waals surface area contributed by atoms with Crippen molar-refractivity contribution < 1.29 is 9.47 Å². The summed E-state index contributed by atoms with van der Waals surface area (Å²) < 4.78 is 10.5. The average Bonchev–Trinajstić information content (AvgIpc) is 2.33. The molecule has 1 N–H and O–H groups in total. The van der Waals surface area contributed by atoms with Crippen LogP contribution >= 0.6 is 0 Å². The van der Waals surface area contributed by atoms with E-state index < -0.39 is 0 Å². The van der Waals surface area contributed by atoms with Crippen LogP contribution in [0.1, 0.15) is 25.2 Å². The Labute approximate surface area is 110 Å². The van der Waals surface area contributed by atoms with Gasteiger partial charge in [-0.3, -0.25) is 4.98 Å². The van der Waals surface area contributed by atoms with Crippen LogP contribution < -0.4 is 10.1 Å². The fourth-order valence-electron chi connectivity index (χ4n) is 1.81. The second kappa shape index (κ2) is 7.34. The zero-order valence-corrected chi connectivity index (χ0v) is 12.0. The number of rotatable bonds is 7. The summed E-state index contributed by atoms with van der Waals surface area (Å²) in [6, 6.07) is 4.23. The monoisotopic (exact) mass is 252 g/mol. The normalized spacial score (nSPS) is 12.8. The van der Waals surface area contributed by atoms with Crippen molar-refractivity contribution in [2.45, 2.75) is 33.4 Å². The molecule has 0 saturated heterocycles. The average molecular weight is 252 g/mol. The molecule has 0 fully saturated rings. The molecule has 1 heterocycles. The second-order valence-electron chi connectivity index (χ2n) is 4.83. The van der Waals surface area contributed by atoms with E-state index in [0.29, 0.717) is 18.6 Å². The van der Waals surface area contributed by atoms with Crippen LogP contribution in [-0.2, 0) is 11.3 Å². The fourth-order valence-corrected chi connectivity index (χ4v) is 1.81. The van der Waals surface area contributed by atoms with Gasteiger partial charge in [0.25, 0.3) is 0 Å². The molecule has 0 aromatic carbocycles. The van der Waals surface area contributed by atoms with Gasteiger partial charge < -0.3 is 14.8 Å². The number of aryl methyl sites for hydroxylation is 1. The third kappa shape index (κ3) is 4.63. The lowest BCUT2D eigenvalue weighted by Crippen LogP contribution is -2.37. The van der Waals surface area contributed by atoms with Crippen molar-refractivity contribution >= 4 is 0 Å². The number of nitrogens with one attached hydrogen (secondary N) is 1. The Kier molecular flexibility index (Phi) is 6.09. The number of pyridine rings is 1. The van der Waals surface area contributed by atoms with Gasteiger partial charge in [-0.1, -0.05) is 13.8 Å². The summed E-state index contributed by atoms with van der Waals surface area (Å²) in [5.74, 6) is 1.38. The van der Waals surface area contributed by atoms with Crippen LogP contribution in [0.4, 0.5) is 0 Å². The van der Waals surface area contributed by atoms with Gasteiger partial charge in [-0.05, 0) is 12.8 Å². The predicted octanol–water partition coefficient (Wildman–Crippen LogP) is 2.16. The van der Waals surface area contributed by atoms with Crippen LogP contribution in [0.25, 0.3) is 0 Å². The Morgan fingerprint density at radius 2 is 2.00 bits per heavy atom. The van der Waals surface area contributed by atoms with E-state index in [1.54, 1.807) is 14.2 Å². The predicted molar refractivity (Wildman–Crippen MR) is 72.9 cm³/mol. The molecule has 102 valence electrons. The molecule has 4 heteroatoms. The van der Waals surface area contributed by atoms with Crippen LogP contribution in [0, 0.1) is 12.8 Å². The molecule has 0 radical (unpaired) electrons. The van der Waals surface area contributed by atoms with E-state index in [1.807, 2.05) is 19.1 Å². The largest absolute Gasteiger partial charge is 0.497 e. The third-order valence-electron chi connectivity index (χ3n) is 2.91. The summed E-state index contributed by atoms with van der Waals surface area (Å²) in [5, 5.41) is 3.47. The summed E-state index contributed by atoms with van der Waals surface area (Å²) in [7, 11) is 3.40. The number of aromatic nitrogens is 1. The van der Waals surface area contributed by atoms with Gasteiger partial charge in [0, 0.05) is 37.5 Å². The van der Waals surface area contributed by atoms with Gasteiger partial charge in [0.1, 0.15) is 5.75 Å². The molecule has 0 aliphatic rings. The van der Waals surface area contributed by atoms with Gasteiger partial charge in [0.2, 0.25) is 0 Å². The topological polar surface area (TPSA) is 43.4 Å². The first kappa shape index (κ1) is 14.9. The van der Waals surface area contributed by atoms with Gasteiger partial charge in [-0.2, -0.15) is 0 Å². The molecule has 1 atom stereocenters. The number of hydrogen-bond acceptors (Lipinski definition) is 4. The van der Waals surface area contributed by atoms with Crippen molar-refractivity contribution in [1.29, 1.82) is 0 Å². The zero-order valence-electron chi connectivity index (χ0n) is 12.0. The van der Waals surface area contributed by atoms with Crippen molar-refractivity contribution in [3.63, 3.8) is 0 Å². The third-order valence-corrected chi connectivity index (χ3v) is 2.91. The maximum atomic E-state index is 5.24. The van der Waals surface area contributed by atoms with Crippen molar-refractivity contribution in [2.24, 2.45) is 5.92 Å². The Morgan fingerprint density at radius 3 is 2.56 bits per heavy atom. The van der Waals surface area contributed by atoms with Crippen LogP contribution in [0.3, 0.4) is 0 Å². The molecule has 1 aromatic heterocycles. The van der Waals surface area contributed by atoms with Crippen LogP contribution in [0.5, 0.6) is 5.75 Å². The van der Waals surface area contributed by atoms with E-state index in [9.17, 15) is 0 Å². The standard InChI is InChI=1S/C14H24N2O2/c1-10(2)14(9-17-4)15-8-12-7-13(18-5)6-11(3)16-12/h6-7,10,14-15H,8-9H2,1-5H3. The Bertz CT molecular complexity index is 367. The van der Waals surface area contributed by atoms with E-state index in [1.165, 1.54) is 0 Å². The highest BCUT2D eigenvalue weighted by molar-refractivity contribution is 5.26. The van der Waals surface area contributed by atoms with E-state index in [4.69, 9.17) is 9.47 Å². The van der Waals surface area contributed by atoms with Gasteiger partial charge in [0.05, 0.1) is 19.4 Å². The summed E-state index contributed by atoms with van der Waals surface area (Å²) in [6.07, 6.45) is 0. The summed E-state index contributed by atoms with van der Waals surface area (Å²) in [4.78, 5) is 4.49. The molecular weight excluding hydrogens is 228 g/mol. The molecule has 0 aliphatic carbocycles. The first-order chi connectivity index (χ1) is 8.56. The lowest BCUT2D eigenvalue weighted by atomic mass is 10.1. The maximum Gasteiger partial charge on any atom is 0.122 e. The highest BCUT2D eigenvalue weighted by atomic mass is 16.5. The Hall–Kier alpha value is -1.13. The fraction of sp³-hybridized carbons (Fsp3) is 0.643. The highest BCUT2D eigenvalue weighted by Crippen LogP contribution is 2.13. The summed E-state index contributed by atoms with van der Waals surface area (Å²) in [5.41, 5.74) is 1.97. The molecule has 0 bridgehead atoms. The molecular formula is C14H24N2O2. The van der Waals surface area contributed by atoms with Crippen LogP contribution in [0.2, 0.25) is 0 Å². The van der Waals surface area contributed by atoms with E-state index in [-0.39, 0.29) is 0 Å². The minimum Gasteiger partial charge on any atom is -0.497 e. The molecule has 0 aliphatic heterocycles. The minimum atomic E-state index is 0.336. The van der Waals surface area contributed by atoms with Crippen molar-refractivity contribution in [3.05, 3.63) is 23.5 Å². The summed E-state index contributed by atoms with van der Waals surface area (Å²) in [6.45, 7) is 7.77. The number of hydrogen-bond donors (Lipinski definition) is 1. The van der Waals surface area contributed by atoms with Crippen LogP contribution in [-0.4, -0.2) is 31.9 Å². The lowest BCUT2D eigenvalue weighted by Gasteiger charge is -2.21. The van der Waals surface area contributed by atoms with Gasteiger partial charge in [-0.25, -0.2) is 0 Å². The molecule has 1 unspecified atom stereocenters. The molecule has 4 nitrogen and oxygen atoms in total. The first-order valence-electron chi connectivity index (χ1n) is 6.30. The van der Waals surface area contributed by atoms with Crippen molar-refractivity contribution in [2.75, 3.05) is 20.8 Å². The molecule has 18 heavy (non-hydrogen) atoms. The highest BCUT2D eigenvalue weighted by Gasteiger charge is 2.12. The van der Waals surface area contributed by atoms with Gasteiger partial charge >= 0.3 is 0 Å². The SMILES string of the molecule is COCC(NCc1cc(OC)cc(C)n1)C(C)C. The van der Waals surface area contributed by atoms with E-state index in [2.05, 4.69) is 24.1 Å². The Balaban J connectivity index is 2.63. The van der Waals surface area contributed by atoms with Crippen molar-refractivity contribution in [3.8, 4) is 5.75 Å². The Morgan fingerprint density at radius 1 is 1.28 bits per heavy atom. The molecule has 0 spiro atoms. The number of ether oxygens (including phenoxy) is 2. The first-order valence-corrected chi connectivity index (χ1v) is 6.30. The molecule has 1 aromatic rings. The van der Waals surface area contributed by atoms with Crippen LogP contribution in [0.15, 0.2) is 12.1 Å². The zero-order chi connectivity index (χ0) is 13.5. The molecule has 0 saturated carbocycles. The minimum absolute atomic E-state index is 0.336.